The predicted octanol–water partition coefficient (Wildman–Crippen LogP) is 3.96. The molecule has 1 unspecified atom stereocenters. The van der Waals surface area contributed by atoms with Gasteiger partial charge in [0.05, 0.1) is 10.8 Å². The first-order chi connectivity index (χ1) is 14.0. The van der Waals surface area contributed by atoms with Gasteiger partial charge in [-0.25, -0.2) is 0 Å². The van der Waals surface area contributed by atoms with Crippen molar-refractivity contribution < 1.29 is 9.59 Å². The van der Waals surface area contributed by atoms with Crippen LogP contribution in [-0.2, 0) is 9.59 Å². The number of benzene rings is 2. The molecule has 0 bridgehead atoms. The Morgan fingerprint density at radius 1 is 0.931 bits per heavy atom. The van der Waals surface area contributed by atoms with Crippen molar-refractivity contribution in [2.24, 2.45) is 0 Å². The fourth-order valence-electron chi connectivity index (χ4n) is 2.98. The Morgan fingerprint density at radius 2 is 1.62 bits per heavy atom. The summed E-state index contributed by atoms with van der Waals surface area (Å²) >= 11 is 1.35. The average Bonchev–Trinajstić information content (AvgIpc) is 3.12. The first-order valence-electron chi connectivity index (χ1n) is 9.09. The summed E-state index contributed by atoms with van der Waals surface area (Å²) in [4.78, 5) is 23.7. The summed E-state index contributed by atoms with van der Waals surface area (Å²) in [6.45, 7) is 3.28. The van der Waals surface area contributed by atoms with Gasteiger partial charge in [-0.3, -0.25) is 14.0 Å². The number of anilines is 2. The monoisotopic (exact) mass is 405 g/mol. The molecule has 2 aromatic carbocycles. The highest BCUT2D eigenvalue weighted by molar-refractivity contribution is 8.00. The number of aromatic nitrogens is 3. The highest BCUT2D eigenvalue weighted by Crippen LogP contribution is 2.27. The molecule has 4 aromatic rings. The Kier molecular flexibility index (Phi) is 5.18. The van der Waals surface area contributed by atoms with Crippen LogP contribution in [0.5, 0.6) is 0 Å². The van der Waals surface area contributed by atoms with Gasteiger partial charge in [0, 0.05) is 18.3 Å². The molecule has 29 heavy (non-hydrogen) atoms. The molecule has 4 rings (SSSR count). The molecule has 1 atom stereocenters. The second-order valence-corrected chi connectivity index (χ2v) is 7.88. The van der Waals surface area contributed by atoms with E-state index in [4.69, 9.17) is 0 Å². The van der Waals surface area contributed by atoms with Crippen LogP contribution in [0.2, 0.25) is 0 Å². The Bertz CT molecular complexity index is 1200. The van der Waals surface area contributed by atoms with E-state index in [1.54, 1.807) is 24.3 Å². The minimum Gasteiger partial charge on any atom is -0.326 e. The van der Waals surface area contributed by atoms with Gasteiger partial charge in [-0.1, -0.05) is 30.0 Å². The zero-order chi connectivity index (χ0) is 20.4. The van der Waals surface area contributed by atoms with Gasteiger partial charge in [-0.05, 0) is 54.8 Å². The number of pyridine rings is 1. The number of nitrogens with one attached hydrogen (secondary N) is 2. The lowest BCUT2D eigenvalue weighted by Gasteiger charge is -2.12. The summed E-state index contributed by atoms with van der Waals surface area (Å²) in [7, 11) is 0. The maximum absolute atomic E-state index is 12.6. The molecule has 0 aliphatic rings. The molecule has 2 aromatic heterocycles. The fraction of sp³-hybridized carbons (Fsp3) is 0.143. The van der Waals surface area contributed by atoms with Crippen LogP contribution in [0.3, 0.4) is 0 Å². The number of rotatable bonds is 5. The summed E-state index contributed by atoms with van der Waals surface area (Å²) < 4.78 is 1.96. The number of carbonyl (C=O) groups is 2. The molecular formula is C21H19N5O2S. The molecule has 2 amide bonds. The van der Waals surface area contributed by atoms with Crippen molar-refractivity contribution in [2.45, 2.75) is 24.3 Å². The van der Waals surface area contributed by atoms with Crippen LogP contribution in [0.1, 0.15) is 13.8 Å². The third kappa shape index (κ3) is 4.07. The molecule has 7 nitrogen and oxygen atoms in total. The lowest BCUT2D eigenvalue weighted by Crippen LogP contribution is -2.22. The SMILES string of the molecule is CC(=O)Nc1ccc(NC(=O)C(C)Sc2nnc3ccc4ccccc4n23)cc1. The van der Waals surface area contributed by atoms with Crippen molar-refractivity contribution in [3.05, 3.63) is 60.7 Å². The van der Waals surface area contributed by atoms with Crippen LogP contribution < -0.4 is 10.6 Å². The van der Waals surface area contributed by atoms with E-state index in [2.05, 4.69) is 20.8 Å². The molecule has 0 saturated heterocycles. The smallest absolute Gasteiger partial charge is 0.237 e. The van der Waals surface area contributed by atoms with E-state index in [0.29, 0.717) is 16.5 Å². The normalized spacial score (nSPS) is 12.1. The summed E-state index contributed by atoms with van der Waals surface area (Å²) in [5, 5.41) is 15.5. The molecule has 146 valence electrons. The average molecular weight is 405 g/mol. The largest absolute Gasteiger partial charge is 0.326 e. The number of hydrogen-bond acceptors (Lipinski definition) is 5. The Labute approximate surface area is 171 Å². The predicted molar refractivity (Wildman–Crippen MR) is 115 cm³/mol. The van der Waals surface area contributed by atoms with Crippen molar-refractivity contribution >= 4 is 51.5 Å². The van der Waals surface area contributed by atoms with Crippen LogP contribution in [0.4, 0.5) is 11.4 Å². The number of para-hydroxylation sites is 1. The number of hydrogen-bond donors (Lipinski definition) is 2. The molecule has 0 aliphatic heterocycles. The quantitative estimate of drug-likeness (QED) is 0.491. The van der Waals surface area contributed by atoms with Gasteiger partial charge in [0.25, 0.3) is 0 Å². The summed E-state index contributed by atoms with van der Waals surface area (Å²) in [6.07, 6.45) is 0. The molecule has 0 fully saturated rings. The van der Waals surface area contributed by atoms with Crippen LogP contribution in [0, 0.1) is 0 Å². The molecule has 0 radical (unpaired) electrons. The van der Waals surface area contributed by atoms with Crippen molar-refractivity contribution in [2.75, 3.05) is 10.6 Å². The molecule has 2 heterocycles. The van der Waals surface area contributed by atoms with E-state index in [0.717, 1.165) is 16.6 Å². The van der Waals surface area contributed by atoms with E-state index in [9.17, 15) is 9.59 Å². The lowest BCUT2D eigenvalue weighted by atomic mass is 10.2. The van der Waals surface area contributed by atoms with E-state index >= 15 is 0 Å². The Morgan fingerprint density at radius 3 is 2.34 bits per heavy atom. The molecule has 0 aliphatic carbocycles. The standard InChI is InChI=1S/C21H19N5O2S/c1-13(20(28)23-17-10-8-16(9-11-17)22-14(2)27)29-21-25-24-19-12-7-15-5-3-4-6-18(15)26(19)21/h3-13H,1-2H3,(H,22,27)(H,23,28). The highest BCUT2D eigenvalue weighted by Gasteiger charge is 2.19. The Balaban J connectivity index is 1.50. The summed E-state index contributed by atoms with van der Waals surface area (Å²) in [5.41, 5.74) is 3.08. The van der Waals surface area contributed by atoms with Crippen molar-refractivity contribution in [1.82, 2.24) is 14.6 Å². The minimum atomic E-state index is -0.378. The van der Waals surface area contributed by atoms with Gasteiger partial charge in [-0.2, -0.15) is 0 Å². The van der Waals surface area contributed by atoms with Crippen molar-refractivity contribution in [3.8, 4) is 0 Å². The lowest BCUT2D eigenvalue weighted by molar-refractivity contribution is -0.115. The molecule has 2 N–H and O–H groups in total. The zero-order valence-electron chi connectivity index (χ0n) is 15.9. The topological polar surface area (TPSA) is 88.4 Å². The van der Waals surface area contributed by atoms with Gasteiger partial charge in [0.1, 0.15) is 0 Å². The second kappa shape index (κ2) is 7.92. The van der Waals surface area contributed by atoms with Crippen molar-refractivity contribution in [1.29, 1.82) is 0 Å². The van der Waals surface area contributed by atoms with Gasteiger partial charge in [-0.15, -0.1) is 10.2 Å². The van der Waals surface area contributed by atoms with Crippen molar-refractivity contribution in [3.63, 3.8) is 0 Å². The zero-order valence-corrected chi connectivity index (χ0v) is 16.7. The third-order valence-corrected chi connectivity index (χ3v) is 5.41. The van der Waals surface area contributed by atoms with Crippen LogP contribution in [-0.4, -0.2) is 31.7 Å². The van der Waals surface area contributed by atoms with Crippen LogP contribution in [0.15, 0.2) is 65.8 Å². The van der Waals surface area contributed by atoms with Gasteiger partial charge < -0.3 is 10.6 Å². The van der Waals surface area contributed by atoms with E-state index in [-0.39, 0.29) is 17.1 Å². The highest BCUT2D eigenvalue weighted by atomic mass is 32.2. The summed E-state index contributed by atoms with van der Waals surface area (Å²) in [5.74, 6) is -0.279. The molecular weight excluding hydrogens is 386 g/mol. The number of carbonyl (C=O) groups excluding carboxylic acids is 2. The minimum absolute atomic E-state index is 0.139. The maximum Gasteiger partial charge on any atom is 0.237 e. The van der Waals surface area contributed by atoms with E-state index in [1.165, 1.54) is 18.7 Å². The molecule has 0 saturated carbocycles. The second-order valence-electron chi connectivity index (χ2n) is 6.58. The molecule has 8 heteroatoms. The van der Waals surface area contributed by atoms with Gasteiger partial charge >= 0.3 is 0 Å². The number of thioether (sulfide) groups is 1. The third-order valence-electron chi connectivity index (χ3n) is 4.37. The van der Waals surface area contributed by atoms with E-state index < -0.39 is 0 Å². The number of fused-ring (bicyclic) bond motifs is 3. The summed E-state index contributed by atoms with van der Waals surface area (Å²) in [6, 6.07) is 18.9. The fourth-order valence-corrected chi connectivity index (χ4v) is 3.85. The molecule has 0 spiro atoms. The van der Waals surface area contributed by atoms with Crippen LogP contribution >= 0.6 is 11.8 Å². The van der Waals surface area contributed by atoms with E-state index in [1.807, 2.05) is 47.7 Å². The maximum atomic E-state index is 12.6. The van der Waals surface area contributed by atoms with Gasteiger partial charge in [0.15, 0.2) is 10.8 Å². The Hall–Kier alpha value is -3.39. The van der Waals surface area contributed by atoms with Crippen LogP contribution in [0.25, 0.3) is 16.6 Å². The first kappa shape index (κ1) is 18.9. The van der Waals surface area contributed by atoms with Gasteiger partial charge in [0.2, 0.25) is 11.8 Å². The first-order valence-corrected chi connectivity index (χ1v) is 9.97. The number of nitrogens with zero attached hydrogens (tertiary/aromatic N) is 3. The number of amides is 2.